The molecule has 1 saturated carbocycles. The van der Waals surface area contributed by atoms with Crippen LogP contribution in [0.1, 0.15) is 32.1 Å². The smallest absolute Gasteiger partial charge is 0.0771 e. The lowest BCUT2D eigenvalue weighted by atomic mass is 10.0. The van der Waals surface area contributed by atoms with E-state index in [0.717, 1.165) is 25.9 Å². The second-order valence-electron chi connectivity index (χ2n) is 3.95. The van der Waals surface area contributed by atoms with Crippen LogP contribution in [0.3, 0.4) is 0 Å². The van der Waals surface area contributed by atoms with Crippen molar-refractivity contribution >= 4 is 11.8 Å². The highest BCUT2D eigenvalue weighted by Crippen LogP contribution is 2.28. The van der Waals surface area contributed by atoms with Gasteiger partial charge in [0.25, 0.3) is 0 Å². The SMILES string of the molecule is CSCCCNCC1(O)CCCC1. The van der Waals surface area contributed by atoms with Gasteiger partial charge in [-0.1, -0.05) is 12.8 Å². The molecule has 3 heteroatoms. The third kappa shape index (κ3) is 4.34. The average molecular weight is 203 g/mol. The van der Waals surface area contributed by atoms with Gasteiger partial charge in [-0.25, -0.2) is 0 Å². The van der Waals surface area contributed by atoms with Gasteiger partial charge in [-0.15, -0.1) is 0 Å². The van der Waals surface area contributed by atoms with Crippen LogP contribution in [0.15, 0.2) is 0 Å². The molecule has 0 bridgehead atoms. The molecule has 1 rings (SSSR count). The lowest BCUT2D eigenvalue weighted by molar-refractivity contribution is 0.0480. The topological polar surface area (TPSA) is 32.3 Å². The second-order valence-corrected chi connectivity index (χ2v) is 4.94. The first-order valence-electron chi connectivity index (χ1n) is 5.19. The van der Waals surface area contributed by atoms with Crippen LogP contribution in [0.4, 0.5) is 0 Å². The van der Waals surface area contributed by atoms with E-state index in [2.05, 4.69) is 11.6 Å². The Bertz CT molecular complexity index is 135. The molecule has 2 N–H and O–H groups in total. The third-order valence-electron chi connectivity index (χ3n) is 2.69. The van der Waals surface area contributed by atoms with Gasteiger partial charge in [0.1, 0.15) is 0 Å². The van der Waals surface area contributed by atoms with Gasteiger partial charge in [-0.2, -0.15) is 11.8 Å². The molecule has 78 valence electrons. The van der Waals surface area contributed by atoms with E-state index in [1.165, 1.54) is 25.0 Å². The molecule has 0 aromatic heterocycles. The van der Waals surface area contributed by atoms with Gasteiger partial charge in [0.2, 0.25) is 0 Å². The molecular weight excluding hydrogens is 182 g/mol. The predicted octanol–water partition coefficient (Wildman–Crippen LogP) is 1.63. The Kier molecular flexibility index (Phi) is 5.14. The molecule has 1 fully saturated rings. The van der Waals surface area contributed by atoms with Gasteiger partial charge in [0, 0.05) is 6.54 Å². The van der Waals surface area contributed by atoms with Crippen molar-refractivity contribution in [2.24, 2.45) is 0 Å². The van der Waals surface area contributed by atoms with E-state index in [4.69, 9.17) is 0 Å². The first-order chi connectivity index (χ1) is 6.27. The summed E-state index contributed by atoms with van der Waals surface area (Å²) in [4.78, 5) is 0. The van der Waals surface area contributed by atoms with E-state index in [-0.39, 0.29) is 5.60 Å². The molecule has 0 aliphatic heterocycles. The van der Waals surface area contributed by atoms with E-state index in [1.807, 2.05) is 11.8 Å². The average Bonchev–Trinajstić information content (AvgIpc) is 2.53. The van der Waals surface area contributed by atoms with Crippen molar-refractivity contribution in [3.63, 3.8) is 0 Å². The van der Waals surface area contributed by atoms with Crippen LogP contribution in [0.2, 0.25) is 0 Å². The van der Waals surface area contributed by atoms with Crippen LogP contribution in [-0.4, -0.2) is 35.8 Å². The predicted molar refractivity (Wildman–Crippen MR) is 59.3 cm³/mol. The molecule has 0 atom stereocenters. The molecule has 1 aliphatic carbocycles. The number of aliphatic hydroxyl groups is 1. The fourth-order valence-corrected chi connectivity index (χ4v) is 2.31. The molecule has 2 nitrogen and oxygen atoms in total. The number of hydrogen-bond donors (Lipinski definition) is 2. The Labute approximate surface area is 85.5 Å². The Morgan fingerprint density at radius 2 is 2.08 bits per heavy atom. The first kappa shape index (κ1) is 11.3. The summed E-state index contributed by atoms with van der Waals surface area (Å²) in [5, 5.41) is 13.3. The van der Waals surface area contributed by atoms with Crippen LogP contribution < -0.4 is 5.32 Å². The maximum Gasteiger partial charge on any atom is 0.0771 e. The number of thioether (sulfide) groups is 1. The summed E-state index contributed by atoms with van der Waals surface area (Å²) in [5.74, 6) is 1.21. The molecule has 0 aromatic rings. The number of rotatable bonds is 6. The number of nitrogens with one attached hydrogen (secondary N) is 1. The first-order valence-corrected chi connectivity index (χ1v) is 6.58. The minimum atomic E-state index is -0.376. The van der Waals surface area contributed by atoms with Gasteiger partial charge in [-0.05, 0) is 37.8 Å². The lowest BCUT2D eigenvalue weighted by Gasteiger charge is -2.22. The summed E-state index contributed by atoms with van der Waals surface area (Å²) >= 11 is 1.88. The monoisotopic (exact) mass is 203 g/mol. The molecule has 0 amide bonds. The van der Waals surface area contributed by atoms with Crippen molar-refractivity contribution in [2.45, 2.75) is 37.7 Å². The quantitative estimate of drug-likeness (QED) is 0.644. The van der Waals surface area contributed by atoms with E-state index < -0.39 is 0 Å². The highest BCUT2D eigenvalue weighted by atomic mass is 32.2. The zero-order valence-electron chi connectivity index (χ0n) is 8.51. The molecule has 0 aromatic carbocycles. The van der Waals surface area contributed by atoms with Crippen molar-refractivity contribution in [3.8, 4) is 0 Å². The van der Waals surface area contributed by atoms with Gasteiger partial charge >= 0.3 is 0 Å². The molecule has 0 heterocycles. The van der Waals surface area contributed by atoms with Gasteiger partial charge in [0.15, 0.2) is 0 Å². The van der Waals surface area contributed by atoms with E-state index in [9.17, 15) is 5.11 Å². The van der Waals surface area contributed by atoms with E-state index in [0.29, 0.717) is 0 Å². The third-order valence-corrected chi connectivity index (χ3v) is 3.39. The van der Waals surface area contributed by atoms with Crippen LogP contribution >= 0.6 is 11.8 Å². The minimum absolute atomic E-state index is 0.376. The maximum absolute atomic E-state index is 9.98. The van der Waals surface area contributed by atoms with Crippen LogP contribution in [0.25, 0.3) is 0 Å². The summed E-state index contributed by atoms with van der Waals surface area (Å²) in [6.45, 7) is 1.84. The molecule has 0 saturated heterocycles. The van der Waals surface area contributed by atoms with Gasteiger partial charge in [-0.3, -0.25) is 0 Å². The summed E-state index contributed by atoms with van der Waals surface area (Å²) in [6, 6.07) is 0. The molecular formula is C10H21NOS. The van der Waals surface area contributed by atoms with Crippen LogP contribution in [-0.2, 0) is 0 Å². The highest BCUT2D eigenvalue weighted by Gasteiger charge is 2.30. The molecule has 0 radical (unpaired) electrons. The van der Waals surface area contributed by atoms with Crippen molar-refractivity contribution in [1.29, 1.82) is 0 Å². The highest BCUT2D eigenvalue weighted by molar-refractivity contribution is 7.98. The van der Waals surface area contributed by atoms with Crippen LogP contribution in [0.5, 0.6) is 0 Å². The van der Waals surface area contributed by atoms with Crippen molar-refractivity contribution < 1.29 is 5.11 Å². The summed E-state index contributed by atoms with van der Waals surface area (Å²) in [5.41, 5.74) is -0.376. The van der Waals surface area contributed by atoms with Crippen molar-refractivity contribution in [2.75, 3.05) is 25.1 Å². The fourth-order valence-electron chi connectivity index (χ4n) is 1.87. The Morgan fingerprint density at radius 1 is 1.38 bits per heavy atom. The Balaban J connectivity index is 1.98. The zero-order valence-corrected chi connectivity index (χ0v) is 9.33. The van der Waals surface area contributed by atoms with Gasteiger partial charge < -0.3 is 10.4 Å². The number of hydrogen-bond acceptors (Lipinski definition) is 3. The largest absolute Gasteiger partial charge is 0.389 e. The standard InChI is InChI=1S/C10H21NOS/c1-13-8-4-7-11-9-10(12)5-2-3-6-10/h11-12H,2-9H2,1H3. The molecule has 0 unspecified atom stereocenters. The molecule has 13 heavy (non-hydrogen) atoms. The van der Waals surface area contributed by atoms with E-state index >= 15 is 0 Å². The molecule has 0 spiro atoms. The molecule has 1 aliphatic rings. The van der Waals surface area contributed by atoms with Gasteiger partial charge in [0.05, 0.1) is 5.60 Å². The maximum atomic E-state index is 9.98. The lowest BCUT2D eigenvalue weighted by Crippen LogP contribution is -2.38. The normalized spacial score (nSPS) is 20.8. The van der Waals surface area contributed by atoms with Crippen molar-refractivity contribution in [3.05, 3.63) is 0 Å². The van der Waals surface area contributed by atoms with Crippen LogP contribution in [0, 0.1) is 0 Å². The van der Waals surface area contributed by atoms with E-state index in [1.54, 1.807) is 0 Å². The second kappa shape index (κ2) is 5.89. The summed E-state index contributed by atoms with van der Waals surface area (Å²) in [6.07, 6.45) is 7.71. The van der Waals surface area contributed by atoms with Crippen molar-refractivity contribution in [1.82, 2.24) is 5.32 Å². The zero-order chi connectivity index (χ0) is 9.57. The minimum Gasteiger partial charge on any atom is -0.389 e. The summed E-state index contributed by atoms with van der Waals surface area (Å²) < 4.78 is 0. The summed E-state index contributed by atoms with van der Waals surface area (Å²) in [7, 11) is 0. The fraction of sp³-hybridized carbons (Fsp3) is 1.00. The Morgan fingerprint density at radius 3 is 2.69 bits per heavy atom. The Hall–Kier alpha value is 0.270.